The van der Waals surface area contributed by atoms with E-state index in [9.17, 15) is 28.3 Å². The van der Waals surface area contributed by atoms with Gasteiger partial charge in [0.2, 0.25) is 10.0 Å². The van der Waals surface area contributed by atoms with Crippen LogP contribution in [0.1, 0.15) is 26.2 Å². The zero-order chi connectivity index (χ0) is 25.3. The van der Waals surface area contributed by atoms with Gasteiger partial charge in [0.1, 0.15) is 17.9 Å². The van der Waals surface area contributed by atoms with E-state index >= 15 is 0 Å². The number of hydrogen-bond donors (Lipinski definition) is 3. The molecule has 2 aromatic carbocycles. The number of nitrogens with one attached hydrogen (secondary N) is 1. The molecule has 2 unspecified atom stereocenters. The summed E-state index contributed by atoms with van der Waals surface area (Å²) in [6.07, 6.45) is -1.60. The SMILES string of the molecule is COc1ccc(S(=O)(=O)N2Cc3cc(C(=O)N(C)c4ccccc4)sc3C(O)C2C(=O)NO)cc1. The zero-order valence-corrected chi connectivity index (χ0v) is 20.4. The Morgan fingerprint density at radius 2 is 1.80 bits per heavy atom. The summed E-state index contributed by atoms with van der Waals surface area (Å²) >= 11 is 0.979. The van der Waals surface area contributed by atoms with E-state index in [0.29, 0.717) is 17.0 Å². The van der Waals surface area contributed by atoms with Gasteiger partial charge < -0.3 is 14.7 Å². The van der Waals surface area contributed by atoms with Crippen molar-refractivity contribution in [3.05, 3.63) is 76.0 Å². The molecule has 2 heterocycles. The van der Waals surface area contributed by atoms with E-state index in [4.69, 9.17) is 4.74 Å². The number of fused-ring (bicyclic) bond motifs is 1. The van der Waals surface area contributed by atoms with Crippen molar-refractivity contribution in [3.63, 3.8) is 0 Å². The Labute approximate surface area is 206 Å². The molecule has 1 aromatic heterocycles. The summed E-state index contributed by atoms with van der Waals surface area (Å²) in [6.45, 7) is -0.280. The lowest BCUT2D eigenvalue weighted by Gasteiger charge is -2.36. The third-order valence-corrected chi connectivity index (χ3v) is 8.83. The molecule has 3 aromatic rings. The average molecular weight is 518 g/mol. The lowest BCUT2D eigenvalue weighted by atomic mass is 10.0. The number of methoxy groups -OCH3 is 1. The highest BCUT2D eigenvalue weighted by atomic mass is 32.2. The first-order valence-corrected chi connectivity index (χ1v) is 12.7. The summed E-state index contributed by atoms with van der Waals surface area (Å²) in [5.41, 5.74) is 2.49. The van der Waals surface area contributed by atoms with Gasteiger partial charge in [-0.3, -0.25) is 14.8 Å². The number of nitrogens with zero attached hydrogens (tertiary/aromatic N) is 2. The Morgan fingerprint density at radius 1 is 1.14 bits per heavy atom. The number of benzene rings is 2. The van der Waals surface area contributed by atoms with Crippen molar-refractivity contribution in [2.24, 2.45) is 0 Å². The number of sulfonamides is 1. The number of ether oxygens (including phenoxy) is 1. The van der Waals surface area contributed by atoms with E-state index in [2.05, 4.69) is 0 Å². The Kier molecular flexibility index (Phi) is 6.92. The van der Waals surface area contributed by atoms with Gasteiger partial charge in [0, 0.05) is 24.2 Å². The van der Waals surface area contributed by atoms with Crippen LogP contribution in [0.2, 0.25) is 0 Å². The summed E-state index contributed by atoms with van der Waals surface area (Å²) in [4.78, 5) is 27.5. The summed E-state index contributed by atoms with van der Waals surface area (Å²) in [5, 5.41) is 20.3. The number of carbonyl (C=O) groups is 2. The van der Waals surface area contributed by atoms with Crippen molar-refractivity contribution in [2.45, 2.75) is 23.6 Å². The normalized spacial score (nSPS) is 17.9. The number of carbonyl (C=O) groups excluding carboxylic acids is 2. The number of hydroxylamine groups is 1. The van der Waals surface area contributed by atoms with Crippen molar-refractivity contribution in [3.8, 4) is 5.75 Å². The molecule has 1 aliphatic rings. The highest BCUT2D eigenvalue weighted by molar-refractivity contribution is 7.89. The molecule has 0 aliphatic carbocycles. The topological polar surface area (TPSA) is 136 Å². The van der Waals surface area contributed by atoms with Gasteiger partial charge in [0.05, 0.1) is 16.9 Å². The number of amides is 2. The second-order valence-corrected chi connectivity index (χ2v) is 10.8. The van der Waals surface area contributed by atoms with Gasteiger partial charge in [0.25, 0.3) is 11.8 Å². The first-order chi connectivity index (χ1) is 16.7. The van der Waals surface area contributed by atoms with Crippen molar-refractivity contribution in [2.75, 3.05) is 19.1 Å². The van der Waals surface area contributed by atoms with Crippen molar-refractivity contribution >= 4 is 38.9 Å². The molecular formula is C23H23N3O7S2. The number of hydrogen-bond acceptors (Lipinski definition) is 8. The van der Waals surface area contributed by atoms with Crippen molar-refractivity contribution in [1.29, 1.82) is 0 Å². The summed E-state index contributed by atoms with van der Waals surface area (Å²) < 4.78 is 32.8. The van der Waals surface area contributed by atoms with E-state index in [0.717, 1.165) is 15.6 Å². The molecule has 0 bridgehead atoms. The molecule has 0 spiro atoms. The summed E-state index contributed by atoms with van der Waals surface area (Å²) in [7, 11) is -1.23. The molecule has 2 amide bonds. The number of thiophene rings is 1. The lowest BCUT2D eigenvalue weighted by Crippen LogP contribution is -2.53. The van der Waals surface area contributed by atoms with Crippen LogP contribution in [0.5, 0.6) is 5.75 Å². The second kappa shape index (κ2) is 9.76. The fourth-order valence-corrected chi connectivity index (χ4v) is 6.62. The number of rotatable bonds is 6. The highest BCUT2D eigenvalue weighted by Crippen LogP contribution is 2.40. The molecule has 1 aliphatic heterocycles. The van der Waals surface area contributed by atoms with Crippen LogP contribution >= 0.6 is 11.3 Å². The molecule has 4 rings (SSSR count). The van der Waals surface area contributed by atoms with Gasteiger partial charge in [-0.05, 0) is 48.0 Å². The average Bonchev–Trinajstić information content (AvgIpc) is 3.32. The standard InChI is InChI=1S/C23H23N3O7S2/c1-25(15-6-4-3-5-7-15)23(29)18-12-14-13-26(19(22(28)24-30)20(27)21(14)34-18)35(31,32)17-10-8-16(33-2)9-11-17/h3-12,19-20,27,30H,13H2,1-2H3,(H,24,28). The third kappa shape index (κ3) is 4.54. The number of para-hydroxylation sites is 1. The first kappa shape index (κ1) is 24.8. The van der Waals surface area contributed by atoms with Crippen LogP contribution in [-0.2, 0) is 21.4 Å². The monoisotopic (exact) mass is 517 g/mol. The van der Waals surface area contributed by atoms with Crippen LogP contribution in [0.15, 0.2) is 65.6 Å². The fourth-order valence-electron chi connectivity index (χ4n) is 3.88. The first-order valence-electron chi connectivity index (χ1n) is 10.4. The predicted molar refractivity (Wildman–Crippen MR) is 128 cm³/mol. The molecule has 0 saturated heterocycles. The van der Waals surface area contributed by atoms with E-state index in [-0.39, 0.29) is 27.1 Å². The van der Waals surface area contributed by atoms with Crippen LogP contribution in [0.4, 0.5) is 5.69 Å². The van der Waals surface area contributed by atoms with Gasteiger partial charge in [-0.15, -0.1) is 11.3 Å². The Hall–Kier alpha value is -3.29. The van der Waals surface area contributed by atoms with E-state index in [1.54, 1.807) is 31.3 Å². The smallest absolute Gasteiger partial charge is 0.268 e. The second-order valence-electron chi connectivity index (χ2n) is 7.79. The molecule has 3 N–H and O–H groups in total. The van der Waals surface area contributed by atoms with E-state index < -0.39 is 28.1 Å². The van der Waals surface area contributed by atoms with Crippen LogP contribution < -0.4 is 15.1 Å². The van der Waals surface area contributed by atoms with E-state index in [1.807, 2.05) is 6.07 Å². The van der Waals surface area contributed by atoms with Gasteiger partial charge in [-0.25, -0.2) is 13.9 Å². The molecule has 35 heavy (non-hydrogen) atoms. The Morgan fingerprint density at radius 3 is 2.40 bits per heavy atom. The largest absolute Gasteiger partial charge is 0.497 e. The predicted octanol–water partition coefficient (Wildman–Crippen LogP) is 2.15. The molecule has 12 heteroatoms. The lowest BCUT2D eigenvalue weighted by molar-refractivity contribution is -0.137. The maximum Gasteiger partial charge on any atom is 0.268 e. The van der Waals surface area contributed by atoms with Gasteiger partial charge >= 0.3 is 0 Å². The molecule has 10 nitrogen and oxygen atoms in total. The molecule has 184 valence electrons. The maximum atomic E-state index is 13.4. The Balaban J connectivity index is 1.72. The molecule has 0 radical (unpaired) electrons. The van der Waals surface area contributed by atoms with Crippen LogP contribution in [-0.4, -0.2) is 55.1 Å². The van der Waals surface area contributed by atoms with E-state index in [1.165, 1.54) is 47.8 Å². The zero-order valence-electron chi connectivity index (χ0n) is 18.8. The molecular weight excluding hydrogens is 494 g/mol. The Bertz CT molecular complexity index is 1340. The van der Waals surface area contributed by atoms with Crippen molar-refractivity contribution < 1.29 is 33.1 Å². The quantitative estimate of drug-likeness (QED) is 0.337. The number of aliphatic hydroxyl groups is 1. The van der Waals surface area contributed by atoms with Crippen LogP contribution in [0, 0.1) is 0 Å². The van der Waals surface area contributed by atoms with Crippen LogP contribution in [0.25, 0.3) is 0 Å². The minimum Gasteiger partial charge on any atom is -0.497 e. The van der Waals surface area contributed by atoms with Gasteiger partial charge in [0.15, 0.2) is 0 Å². The van der Waals surface area contributed by atoms with Crippen LogP contribution in [0.3, 0.4) is 0 Å². The van der Waals surface area contributed by atoms with Crippen molar-refractivity contribution in [1.82, 2.24) is 9.79 Å². The summed E-state index contributed by atoms with van der Waals surface area (Å²) in [5.74, 6) is -1.00. The van der Waals surface area contributed by atoms with Gasteiger partial charge in [-0.1, -0.05) is 18.2 Å². The van der Waals surface area contributed by atoms with Gasteiger partial charge in [-0.2, -0.15) is 4.31 Å². The highest BCUT2D eigenvalue weighted by Gasteiger charge is 2.46. The molecule has 0 fully saturated rings. The minimum atomic E-state index is -4.28. The summed E-state index contributed by atoms with van der Waals surface area (Å²) in [6, 6.07) is 14.4. The maximum absolute atomic E-state index is 13.4. The molecule has 0 saturated carbocycles. The molecule has 2 atom stereocenters. The minimum absolute atomic E-state index is 0.125. The third-order valence-electron chi connectivity index (χ3n) is 5.75. The number of anilines is 1. The number of aliphatic hydroxyl groups excluding tert-OH is 1. The fraction of sp³-hybridized carbons (Fsp3) is 0.217.